The highest BCUT2D eigenvalue weighted by Gasteiger charge is 2.62. The summed E-state index contributed by atoms with van der Waals surface area (Å²) in [4.78, 5) is 27.6. The van der Waals surface area contributed by atoms with Crippen LogP contribution >= 0.6 is 34.8 Å². The van der Waals surface area contributed by atoms with Gasteiger partial charge in [0, 0.05) is 51.4 Å². The first-order chi connectivity index (χ1) is 17.4. The number of alkyl halides is 3. The van der Waals surface area contributed by atoms with Gasteiger partial charge < -0.3 is 4.84 Å². The van der Waals surface area contributed by atoms with Gasteiger partial charge in [-0.15, -0.1) is 0 Å². The van der Waals surface area contributed by atoms with Crippen molar-refractivity contribution in [1.82, 2.24) is 5.43 Å². The number of rotatable bonds is 6. The number of nitro benzene ring substituents is 1. The van der Waals surface area contributed by atoms with Gasteiger partial charge in [-0.3, -0.25) is 14.9 Å². The van der Waals surface area contributed by atoms with Gasteiger partial charge in [0.1, 0.15) is 5.02 Å². The zero-order chi connectivity index (χ0) is 27.0. The second-order valence-electron chi connectivity index (χ2n) is 7.95. The Morgan fingerprint density at radius 2 is 1.70 bits per heavy atom. The standard InChI is InChI=1S/C23H14Cl3F3N4O4/c24-15-8-14(9-16(25)10-15)22(23(27,28)29)11-20(32-37-22)13-3-6-18(26)19(7-13)30-31-21(34)12-1-4-17(5-2-12)33(35)36/h1-10,30H,11H2,(H,31,34)/p+1. The molecule has 14 heteroatoms. The number of carbonyl (C=O) groups excluding carboxylic acids is 1. The highest BCUT2D eigenvalue weighted by molar-refractivity contribution is 6.34. The lowest BCUT2D eigenvalue weighted by Crippen LogP contribution is -2.89. The molecule has 0 saturated carbocycles. The van der Waals surface area contributed by atoms with E-state index in [1.54, 1.807) is 0 Å². The maximum Gasteiger partial charge on any atom is 0.435 e. The molecule has 0 radical (unpaired) electrons. The quantitative estimate of drug-likeness (QED) is 0.130. The first-order valence-corrected chi connectivity index (χ1v) is 11.5. The zero-order valence-electron chi connectivity index (χ0n) is 18.4. The summed E-state index contributed by atoms with van der Waals surface area (Å²) in [5, 5.41) is 14.7. The molecule has 0 aromatic heterocycles. The van der Waals surface area contributed by atoms with Gasteiger partial charge >= 0.3 is 6.18 Å². The number of amides is 1. The highest BCUT2D eigenvalue weighted by Crippen LogP contribution is 2.49. The third-order valence-corrected chi connectivity index (χ3v) is 6.32. The number of nitrogens with zero attached hydrogens (tertiary/aromatic N) is 2. The smallest absolute Gasteiger partial charge is 0.374 e. The van der Waals surface area contributed by atoms with Crippen molar-refractivity contribution >= 4 is 57.8 Å². The minimum Gasteiger partial charge on any atom is -0.374 e. The molecule has 1 aliphatic heterocycles. The van der Waals surface area contributed by atoms with Gasteiger partial charge in [0.2, 0.25) is 0 Å². The third kappa shape index (κ3) is 5.49. The minimum atomic E-state index is -4.85. The Labute approximate surface area is 222 Å². The van der Waals surface area contributed by atoms with E-state index in [1.165, 1.54) is 54.0 Å². The van der Waals surface area contributed by atoms with Gasteiger partial charge in [0.15, 0.2) is 5.69 Å². The fourth-order valence-electron chi connectivity index (χ4n) is 3.64. The van der Waals surface area contributed by atoms with E-state index in [-0.39, 0.29) is 48.8 Å². The number of hydrogen-bond acceptors (Lipinski definition) is 5. The molecule has 8 nitrogen and oxygen atoms in total. The van der Waals surface area contributed by atoms with Gasteiger partial charge in [-0.1, -0.05) is 46.0 Å². The number of nitrogens with one attached hydrogen (secondary N) is 1. The molecule has 1 unspecified atom stereocenters. The van der Waals surface area contributed by atoms with E-state index >= 15 is 0 Å². The Balaban J connectivity index is 1.54. The molecule has 37 heavy (non-hydrogen) atoms. The Hall–Kier alpha value is -3.38. The van der Waals surface area contributed by atoms with Crippen molar-refractivity contribution in [3.63, 3.8) is 0 Å². The number of non-ortho nitro benzene ring substituents is 1. The van der Waals surface area contributed by atoms with E-state index in [0.717, 1.165) is 12.1 Å². The van der Waals surface area contributed by atoms with Crippen LogP contribution in [0.25, 0.3) is 0 Å². The van der Waals surface area contributed by atoms with Crippen LogP contribution in [0.3, 0.4) is 0 Å². The van der Waals surface area contributed by atoms with E-state index in [4.69, 9.17) is 39.6 Å². The lowest BCUT2D eigenvalue weighted by molar-refractivity contribution is -0.618. The number of halogens is 6. The van der Waals surface area contributed by atoms with E-state index in [0.29, 0.717) is 0 Å². The molecule has 0 saturated heterocycles. The molecule has 4 rings (SSSR count). The topological polar surface area (TPSA) is 110 Å². The van der Waals surface area contributed by atoms with E-state index in [2.05, 4.69) is 10.6 Å². The van der Waals surface area contributed by atoms with Crippen molar-refractivity contribution in [3.05, 3.63) is 103 Å². The van der Waals surface area contributed by atoms with E-state index in [9.17, 15) is 28.1 Å². The summed E-state index contributed by atoms with van der Waals surface area (Å²) < 4.78 is 42.7. The van der Waals surface area contributed by atoms with Gasteiger partial charge in [-0.05, 0) is 36.4 Å². The summed E-state index contributed by atoms with van der Waals surface area (Å²) in [7, 11) is 0. The molecule has 0 aliphatic carbocycles. The Morgan fingerprint density at radius 1 is 1.05 bits per heavy atom. The first kappa shape index (κ1) is 26.7. The molecule has 0 bridgehead atoms. The molecular weight excluding hydrogens is 560 g/mol. The average Bonchev–Trinajstić information content (AvgIpc) is 3.30. The van der Waals surface area contributed by atoms with Crippen molar-refractivity contribution in [3.8, 4) is 0 Å². The predicted octanol–water partition coefficient (Wildman–Crippen LogP) is 5.68. The summed E-state index contributed by atoms with van der Waals surface area (Å²) in [5.41, 5.74) is 1.19. The van der Waals surface area contributed by atoms with Crippen molar-refractivity contribution in [2.75, 3.05) is 0 Å². The van der Waals surface area contributed by atoms with Crippen molar-refractivity contribution in [1.29, 1.82) is 0 Å². The van der Waals surface area contributed by atoms with Gasteiger partial charge in [-0.2, -0.15) is 18.6 Å². The number of nitrogens with two attached hydrogens (primary N) is 1. The van der Waals surface area contributed by atoms with Crippen LogP contribution in [0, 0.1) is 10.1 Å². The third-order valence-electron chi connectivity index (χ3n) is 5.54. The van der Waals surface area contributed by atoms with Gasteiger partial charge in [-0.25, -0.2) is 5.43 Å². The van der Waals surface area contributed by atoms with Gasteiger partial charge in [0.05, 0.1) is 10.6 Å². The van der Waals surface area contributed by atoms with E-state index in [1.807, 2.05) is 0 Å². The monoisotopic (exact) mass is 573 g/mol. The maximum absolute atomic E-state index is 14.2. The summed E-state index contributed by atoms with van der Waals surface area (Å²) in [5.74, 6) is -0.577. The van der Waals surface area contributed by atoms with Crippen molar-refractivity contribution in [2.45, 2.75) is 18.2 Å². The lowest BCUT2D eigenvalue weighted by Gasteiger charge is -2.29. The van der Waals surface area contributed by atoms with Crippen LogP contribution < -0.4 is 10.9 Å². The largest absolute Gasteiger partial charge is 0.435 e. The van der Waals surface area contributed by atoms with Gasteiger partial charge in [0.25, 0.3) is 17.2 Å². The molecule has 0 fully saturated rings. The highest BCUT2D eigenvalue weighted by atomic mass is 35.5. The fraction of sp³-hybridized carbons (Fsp3) is 0.130. The molecule has 192 valence electrons. The molecule has 1 atom stereocenters. The van der Waals surface area contributed by atoms with E-state index < -0.39 is 29.0 Å². The molecule has 3 aromatic rings. The number of quaternary nitrogens is 1. The van der Waals surface area contributed by atoms with Crippen molar-refractivity contribution < 1.29 is 33.2 Å². The molecule has 0 spiro atoms. The summed E-state index contributed by atoms with van der Waals surface area (Å²) in [6.45, 7) is 0. The number of oxime groups is 1. The number of benzene rings is 3. The molecule has 3 aromatic carbocycles. The Kier molecular flexibility index (Phi) is 7.33. The Morgan fingerprint density at radius 3 is 2.30 bits per heavy atom. The zero-order valence-corrected chi connectivity index (χ0v) is 20.6. The second-order valence-corrected chi connectivity index (χ2v) is 9.23. The van der Waals surface area contributed by atoms with Crippen LogP contribution in [0.1, 0.15) is 27.9 Å². The van der Waals surface area contributed by atoms with Crippen molar-refractivity contribution in [2.24, 2.45) is 5.16 Å². The molecule has 1 heterocycles. The molecule has 1 amide bonds. The van der Waals surface area contributed by atoms with Crippen LogP contribution in [-0.2, 0) is 10.4 Å². The average molecular weight is 575 g/mol. The van der Waals surface area contributed by atoms with Crippen LogP contribution in [0.15, 0.2) is 65.8 Å². The fourth-order valence-corrected chi connectivity index (χ4v) is 4.34. The normalized spacial score (nSPS) is 17.2. The lowest BCUT2D eigenvalue weighted by atomic mass is 9.86. The Bertz CT molecular complexity index is 1400. The second kappa shape index (κ2) is 10.2. The predicted molar refractivity (Wildman–Crippen MR) is 130 cm³/mol. The summed E-state index contributed by atoms with van der Waals surface area (Å²) in [6.07, 6.45) is -5.52. The minimum absolute atomic E-state index is 0.00955. The molecular formula is C23H15Cl3F3N4O4+. The molecule has 3 N–H and O–H groups in total. The van der Waals surface area contributed by atoms with Crippen LogP contribution in [0.2, 0.25) is 15.1 Å². The summed E-state index contributed by atoms with van der Waals surface area (Å²) >= 11 is 18.1. The number of nitro groups is 1. The van der Waals surface area contributed by atoms with Crippen LogP contribution in [-0.4, -0.2) is 22.7 Å². The first-order valence-electron chi connectivity index (χ1n) is 10.4. The maximum atomic E-state index is 14.2. The van der Waals surface area contributed by atoms with Crippen LogP contribution in [0.4, 0.5) is 24.5 Å². The summed E-state index contributed by atoms with van der Waals surface area (Å²) in [6, 6.07) is 12.8. The van der Waals surface area contributed by atoms with Crippen LogP contribution in [0.5, 0.6) is 0 Å². The molecule has 1 aliphatic rings. The SMILES string of the molecule is O=C(N[NH2+]c1cc(C2=NOC(c3cc(Cl)cc(Cl)c3)(C(F)(F)F)C2)ccc1Cl)c1ccc([N+](=O)[O-])cc1. The number of carbonyl (C=O) groups is 1. The number of nitrogen functional groups attached to an aromatic ring is 1. The number of hydrogen-bond donors (Lipinski definition) is 2.